The summed E-state index contributed by atoms with van der Waals surface area (Å²) < 4.78 is 0.755. The summed E-state index contributed by atoms with van der Waals surface area (Å²) in [6.07, 6.45) is 0. The molecule has 1 atom stereocenters. The first kappa shape index (κ1) is 8.27. The molecule has 0 aliphatic carbocycles. The Morgan fingerprint density at radius 2 is 1.88 bits per heavy atom. The Hall–Kier alpha value is 0.270. The third kappa shape index (κ3) is 6.27. The average Bonchev–Trinajstić information content (AvgIpc) is 1.21. The Morgan fingerprint density at radius 1 is 1.50 bits per heavy atom. The van der Waals surface area contributed by atoms with Crippen LogP contribution in [0.5, 0.6) is 0 Å². The normalized spacial score (nSPS) is 16.1. The van der Waals surface area contributed by atoms with E-state index in [1.165, 1.54) is 0 Å². The second-order valence-corrected chi connectivity index (χ2v) is 3.55. The van der Waals surface area contributed by atoms with Crippen molar-refractivity contribution in [2.24, 2.45) is 0 Å². The number of nitrogens with zero attached hydrogens (tertiary/aromatic N) is 1. The molecule has 0 aromatic heterocycles. The van der Waals surface area contributed by atoms with E-state index in [1.807, 2.05) is 21.1 Å². The molecule has 1 N–H and O–H groups in total. The minimum atomic E-state index is -0.491. The molecule has 0 saturated heterocycles. The van der Waals surface area contributed by atoms with E-state index in [1.54, 1.807) is 0 Å². The summed E-state index contributed by atoms with van der Waals surface area (Å²) >= 11 is 3.83. The maximum atomic E-state index is 8.74. The number of hydrogen-bond donors (Lipinski definition) is 2. The van der Waals surface area contributed by atoms with Crippen LogP contribution >= 0.6 is 12.6 Å². The van der Waals surface area contributed by atoms with Crippen LogP contribution in [0.3, 0.4) is 0 Å². The van der Waals surface area contributed by atoms with Crippen LogP contribution in [0, 0.1) is 0 Å². The van der Waals surface area contributed by atoms with E-state index in [4.69, 9.17) is 5.11 Å². The van der Waals surface area contributed by atoms with Crippen LogP contribution in [0.4, 0.5) is 0 Å². The number of aliphatic hydroxyl groups is 1. The summed E-state index contributed by atoms with van der Waals surface area (Å²) in [7, 11) is 6.04. The second kappa shape index (κ2) is 2.71. The van der Waals surface area contributed by atoms with Gasteiger partial charge in [0.05, 0.1) is 21.1 Å². The van der Waals surface area contributed by atoms with Gasteiger partial charge in [-0.3, -0.25) is 0 Å². The van der Waals surface area contributed by atoms with Gasteiger partial charge in [0.15, 0.2) is 0 Å². The zero-order valence-electron chi connectivity index (χ0n) is 5.63. The van der Waals surface area contributed by atoms with Gasteiger partial charge in [-0.25, -0.2) is 0 Å². The quantitative estimate of drug-likeness (QED) is 0.309. The molecule has 0 radical (unpaired) electrons. The molecule has 1 unspecified atom stereocenters. The van der Waals surface area contributed by atoms with Crippen molar-refractivity contribution in [3.63, 3.8) is 0 Å². The van der Waals surface area contributed by atoms with Gasteiger partial charge < -0.3 is 9.59 Å². The fourth-order valence-corrected chi connectivity index (χ4v) is 0.980. The Morgan fingerprint density at radius 3 is 1.88 bits per heavy atom. The third-order valence-corrected chi connectivity index (χ3v) is 0.874. The minimum Gasteiger partial charge on any atom is -0.377 e. The molecule has 0 aromatic rings. The largest absolute Gasteiger partial charge is 0.377 e. The molecule has 0 amide bonds. The summed E-state index contributed by atoms with van der Waals surface area (Å²) in [6, 6.07) is 0. The molecule has 0 fully saturated rings. The smallest absolute Gasteiger partial charge is 0.145 e. The zero-order valence-corrected chi connectivity index (χ0v) is 6.52. The van der Waals surface area contributed by atoms with Crippen LogP contribution in [0.25, 0.3) is 0 Å². The molecule has 2 nitrogen and oxygen atoms in total. The lowest BCUT2D eigenvalue weighted by molar-refractivity contribution is -0.871. The van der Waals surface area contributed by atoms with Gasteiger partial charge in [0, 0.05) is 0 Å². The molecular formula is C5H14NOS+. The third-order valence-electron chi connectivity index (χ3n) is 0.711. The zero-order chi connectivity index (χ0) is 6.78. The Balaban J connectivity index is 3.39. The molecule has 0 rings (SSSR count). The van der Waals surface area contributed by atoms with E-state index in [-0.39, 0.29) is 0 Å². The average molecular weight is 136 g/mol. The number of rotatable bonds is 2. The van der Waals surface area contributed by atoms with Gasteiger partial charge >= 0.3 is 0 Å². The van der Waals surface area contributed by atoms with E-state index >= 15 is 0 Å². The highest BCUT2D eigenvalue weighted by molar-refractivity contribution is 7.80. The molecule has 0 bridgehead atoms. The number of hydrogen-bond acceptors (Lipinski definition) is 2. The van der Waals surface area contributed by atoms with Crippen molar-refractivity contribution in [3.8, 4) is 0 Å². The fraction of sp³-hybridized carbons (Fsp3) is 1.00. The van der Waals surface area contributed by atoms with Gasteiger partial charge in [0.1, 0.15) is 12.0 Å². The molecule has 0 aromatic carbocycles. The Bertz CT molecular complexity index is 67.3. The topological polar surface area (TPSA) is 20.2 Å². The first-order chi connectivity index (χ1) is 3.42. The van der Waals surface area contributed by atoms with E-state index in [0.29, 0.717) is 6.54 Å². The lowest BCUT2D eigenvalue weighted by Gasteiger charge is -2.24. The molecule has 50 valence electrons. The van der Waals surface area contributed by atoms with E-state index in [0.717, 1.165) is 4.48 Å². The summed E-state index contributed by atoms with van der Waals surface area (Å²) in [5, 5.41) is 8.74. The van der Waals surface area contributed by atoms with E-state index in [9.17, 15) is 0 Å². The molecule has 3 heteroatoms. The van der Waals surface area contributed by atoms with Crippen LogP contribution in [-0.2, 0) is 0 Å². The summed E-state index contributed by atoms with van der Waals surface area (Å²) in [5.74, 6) is 0. The summed E-state index contributed by atoms with van der Waals surface area (Å²) in [6.45, 7) is 0.684. The summed E-state index contributed by atoms with van der Waals surface area (Å²) in [5.41, 5.74) is -0.491. The SMILES string of the molecule is C[N+](C)(C)CC(O)S. The van der Waals surface area contributed by atoms with Crippen molar-refractivity contribution in [1.82, 2.24) is 0 Å². The van der Waals surface area contributed by atoms with Gasteiger partial charge in [-0.2, -0.15) is 0 Å². The fourth-order valence-electron chi connectivity index (χ4n) is 0.490. The minimum absolute atomic E-state index is 0.491. The Kier molecular flexibility index (Phi) is 2.80. The Labute approximate surface area is 56.1 Å². The standard InChI is InChI=1S/C5H13NOS/c1-6(2,3)4-5(7)8/h5,7H,4H2,1-3H3/p+1. The molecule has 8 heavy (non-hydrogen) atoms. The van der Waals surface area contributed by atoms with Gasteiger partial charge in [0.2, 0.25) is 0 Å². The first-order valence-electron chi connectivity index (χ1n) is 2.58. The maximum absolute atomic E-state index is 8.74. The predicted molar refractivity (Wildman–Crippen MR) is 37.9 cm³/mol. The molecular weight excluding hydrogens is 122 g/mol. The molecule has 0 saturated carbocycles. The number of aliphatic hydroxyl groups excluding tert-OH is 1. The van der Waals surface area contributed by atoms with Gasteiger partial charge in [0.25, 0.3) is 0 Å². The van der Waals surface area contributed by atoms with Crippen LogP contribution < -0.4 is 0 Å². The van der Waals surface area contributed by atoms with Gasteiger partial charge in [-0.05, 0) is 0 Å². The van der Waals surface area contributed by atoms with Crippen LogP contribution in [-0.4, -0.2) is 42.7 Å². The number of thiol groups is 1. The summed E-state index contributed by atoms with van der Waals surface area (Å²) in [4.78, 5) is 0. The van der Waals surface area contributed by atoms with Crippen molar-refractivity contribution < 1.29 is 9.59 Å². The lowest BCUT2D eigenvalue weighted by Crippen LogP contribution is -2.39. The highest BCUT2D eigenvalue weighted by Gasteiger charge is 2.10. The molecule has 0 spiro atoms. The lowest BCUT2D eigenvalue weighted by atomic mass is 10.5. The van der Waals surface area contributed by atoms with Crippen molar-refractivity contribution in [2.75, 3.05) is 27.7 Å². The first-order valence-corrected chi connectivity index (χ1v) is 3.10. The van der Waals surface area contributed by atoms with E-state index in [2.05, 4.69) is 12.6 Å². The monoisotopic (exact) mass is 136 g/mol. The van der Waals surface area contributed by atoms with Crippen molar-refractivity contribution in [3.05, 3.63) is 0 Å². The maximum Gasteiger partial charge on any atom is 0.145 e. The van der Waals surface area contributed by atoms with Gasteiger partial charge in [-0.15, -0.1) is 12.6 Å². The highest BCUT2D eigenvalue weighted by atomic mass is 32.1. The van der Waals surface area contributed by atoms with Crippen molar-refractivity contribution in [1.29, 1.82) is 0 Å². The second-order valence-electron chi connectivity index (χ2n) is 2.95. The number of quaternary nitrogens is 1. The predicted octanol–water partition coefficient (Wildman–Crippen LogP) is -0.0592. The molecule has 0 aliphatic rings. The van der Waals surface area contributed by atoms with Crippen molar-refractivity contribution in [2.45, 2.75) is 5.44 Å². The van der Waals surface area contributed by atoms with Crippen LogP contribution in [0.1, 0.15) is 0 Å². The van der Waals surface area contributed by atoms with Crippen molar-refractivity contribution >= 4 is 12.6 Å². The van der Waals surface area contributed by atoms with E-state index < -0.39 is 5.44 Å². The van der Waals surface area contributed by atoms with Gasteiger partial charge in [-0.1, -0.05) is 0 Å². The molecule has 0 aliphatic heterocycles. The highest BCUT2D eigenvalue weighted by Crippen LogP contribution is 1.96. The van der Waals surface area contributed by atoms with Crippen LogP contribution in [0.2, 0.25) is 0 Å². The van der Waals surface area contributed by atoms with Crippen LogP contribution in [0.15, 0.2) is 0 Å². The number of likely N-dealkylation sites (N-methyl/N-ethyl adjacent to an activating group) is 1. The molecule has 0 heterocycles.